The molecule has 0 aromatic carbocycles. The molecule has 0 bridgehead atoms. The van der Waals surface area contributed by atoms with Crippen LogP contribution in [0.2, 0.25) is 0 Å². The molecule has 0 spiro atoms. The zero-order valence-corrected chi connectivity index (χ0v) is 8.44. The molecule has 1 aliphatic carbocycles. The van der Waals surface area contributed by atoms with E-state index in [2.05, 4.69) is 16.5 Å². The molecule has 1 N–H and O–H groups in total. The Hall–Kier alpha value is -0.410. The van der Waals surface area contributed by atoms with Gasteiger partial charge in [-0.05, 0) is 38.1 Å². The van der Waals surface area contributed by atoms with Gasteiger partial charge in [0.1, 0.15) is 5.01 Å². The van der Waals surface area contributed by atoms with Crippen LogP contribution in [0.1, 0.15) is 47.5 Å². The summed E-state index contributed by atoms with van der Waals surface area (Å²) in [5.74, 6) is 0.868. The summed E-state index contributed by atoms with van der Waals surface area (Å²) < 4.78 is 0. The van der Waals surface area contributed by atoms with Crippen molar-refractivity contribution in [1.82, 2.24) is 10.3 Å². The second kappa shape index (κ2) is 3.07. The van der Waals surface area contributed by atoms with E-state index in [1.165, 1.54) is 42.1 Å². The van der Waals surface area contributed by atoms with E-state index in [0.717, 1.165) is 5.92 Å². The Balaban J connectivity index is 1.79. The largest absolute Gasteiger partial charge is 0.308 e. The SMILES string of the molecule is c1nc(C2CCCN2)sc1C1CC1. The number of hydrogen-bond acceptors (Lipinski definition) is 3. The third-order valence-corrected chi connectivity index (χ3v) is 4.15. The fraction of sp³-hybridized carbons (Fsp3) is 0.700. The van der Waals surface area contributed by atoms with E-state index in [1.807, 2.05) is 11.3 Å². The molecule has 0 radical (unpaired) electrons. The lowest BCUT2D eigenvalue weighted by molar-refractivity contribution is 0.643. The predicted molar refractivity (Wildman–Crippen MR) is 54.1 cm³/mol. The Morgan fingerprint density at radius 2 is 2.31 bits per heavy atom. The number of hydrogen-bond donors (Lipinski definition) is 1. The van der Waals surface area contributed by atoms with E-state index in [1.54, 1.807) is 0 Å². The molecule has 1 aromatic heterocycles. The van der Waals surface area contributed by atoms with Gasteiger partial charge in [0.05, 0.1) is 6.04 Å². The Kier molecular flexibility index (Phi) is 1.87. The zero-order chi connectivity index (χ0) is 8.67. The van der Waals surface area contributed by atoms with Gasteiger partial charge >= 0.3 is 0 Å². The van der Waals surface area contributed by atoms with Crippen molar-refractivity contribution in [2.24, 2.45) is 0 Å². The monoisotopic (exact) mass is 194 g/mol. The molecule has 1 aliphatic heterocycles. The van der Waals surface area contributed by atoms with Gasteiger partial charge in [-0.25, -0.2) is 4.98 Å². The summed E-state index contributed by atoms with van der Waals surface area (Å²) >= 11 is 1.93. The molecule has 1 unspecified atom stereocenters. The van der Waals surface area contributed by atoms with Crippen molar-refractivity contribution in [2.75, 3.05) is 6.54 Å². The van der Waals surface area contributed by atoms with Crippen molar-refractivity contribution in [3.05, 3.63) is 16.1 Å². The molecular weight excluding hydrogens is 180 g/mol. The quantitative estimate of drug-likeness (QED) is 0.782. The molecule has 70 valence electrons. The number of rotatable bonds is 2. The van der Waals surface area contributed by atoms with E-state index in [4.69, 9.17) is 0 Å². The molecule has 2 nitrogen and oxygen atoms in total. The van der Waals surface area contributed by atoms with Gasteiger partial charge in [0, 0.05) is 11.1 Å². The Morgan fingerprint density at radius 3 is 3.00 bits per heavy atom. The second-order valence-electron chi connectivity index (χ2n) is 4.02. The van der Waals surface area contributed by atoms with Crippen molar-refractivity contribution >= 4 is 11.3 Å². The van der Waals surface area contributed by atoms with E-state index >= 15 is 0 Å². The van der Waals surface area contributed by atoms with Crippen LogP contribution >= 0.6 is 11.3 Å². The van der Waals surface area contributed by atoms with Crippen LogP contribution in [0, 0.1) is 0 Å². The van der Waals surface area contributed by atoms with Crippen molar-refractivity contribution in [3.8, 4) is 0 Å². The molecule has 3 rings (SSSR count). The summed E-state index contributed by atoms with van der Waals surface area (Å²) in [5.41, 5.74) is 0. The standard InChI is InChI=1S/C10H14N2S/c1-2-8(11-5-1)10-12-6-9(13-10)7-3-4-7/h6-8,11H,1-5H2. The summed E-state index contributed by atoms with van der Waals surface area (Å²) in [7, 11) is 0. The molecular formula is C10H14N2S. The second-order valence-corrected chi connectivity index (χ2v) is 5.12. The van der Waals surface area contributed by atoms with Crippen molar-refractivity contribution in [2.45, 2.75) is 37.6 Å². The maximum atomic E-state index is 4.52. The first kappa shape index (κ1) is 7.94. The van der Waals surface area contributed by atoms with Crippen LogP contribution in [0.25, 0.3) is 0 Å². The molecule has 2 aliphatic rings. The van der Waals surface area contributed by atoms with E-state index in [9.17, 15) is 0 Å². The molecule has 1 aromatic rings. The maximum Gasteiger partial charge on any atom is 0.110 e. The fourth-order valence-electron chi connectivity index (χ4n) is 1.91. The fourth-order valence-corrected chi connectivity index (χ4v) is 3.11. The van der Waals surface area contributed by atoms with Crippen LogP contribution in [0.5, 0.6) is 0 Å². The average Bonchev–Trinajstić information content (AvgIpc) is 2.72. The van der Waals surface area contributed by atoms with Gasteiger partial charge in [0.25, 0.3) is 0 Å². The zero-order valence-electron chi connectivity index (χ0n) is 7.62. The predicted octanol–water partition coefficient (Wildman–Crippen LogP) is 2.45. The normalized spacial score (nSPS) is 28.2. The van der Waals surface area contributed by atoms with E-state index in [0.29, 0.717) is 6.04 Å². The minimum absolute atomic E-state index is 0.567. The van der Waals surface area contributed by atoms with Crippen molar-refractivity contribution in [1.29, 1.82) is 0 Å². The van der Waals surface area contributed by atoms with Crippen LogP contribution in [0.4, 0.5) is 0 Å². The number of nitrogens with one attached hydrogen (secondary N) is 1. The number of aromatic nitrogens is 1. The first-order valence-corrected chi connectivity index (χ1v) is 5.94. The number of thiazole rings is 1. The van der Waals surface area contributed by atoms with Crippen LogP contribution in [-0.4, -0.2) is 11.5 Å². The van der Waals surface area contributed by atoms with Crippen LogP contribution in [-0.2, 0) is 0 Å². The lowest BCUT2D eigenvalue weighted by Crippen LogP contribution is -2.12. The maximum absolute atomic E-state index is 4.52. The summed E-state index contributed by atoms with van der Waals surface area (Å²) in [6, 6.07) is 0.567. The van der Waals surface area contributed by atoms with E-state index in [-0.39, 0.29) is 0 Å². The van der Waals surface area contributed by atoms with Gasteiger partial charge in [-0.15, -0.1) is 11.3 Å². The smallest absolute Gasteiger partial charge is 0.110 e. The minimum atomic E-state index is 0.567. The molecule has 13 heavy (non-hydrogen) atoms. The highest BCUT2D eigenvalue weighted by Gasteiger charge is 2.27. The first-order chi connectivity index (χ1) is 6.43. The Morgan fingerprint density at radius 1 is 1.38 bits per heavy atom. The molecule has 1 saturated carbocycles. The summed E-state index contributed by atoms with van der Waals surface area (Å²) in [6.07, 6.45) is 7.46. The van der Waals surface area contributed by atoms with Crippen LogP contribution in [0.3, 0.4) is 0 Å². The summed E-state index contributed by atoms with van der Waals surface area (Å²) in [5, 5.41) is 4.81. The molecule has 3 heteroatoms. The molecule has 2 fully saturated rings. The van der Waals surface area contributed by atoms with Crippen LogP contribution in [0.15, 0.2) is 6.20 Å². The third-order valence-electron chi connectivity index (χ3n) is 2.88. The van der Waals surface area contributed by atoms with Crippen LogP contribution < -0.4 is 5.32 Å². The Labute approximate surface area is 82.4 Å². The highest BCUT2D eigenvalue weighted by Crippen LogP contribution is 2.43. The molecule has 0 amide bonds. The van der Waals surface area contributed by atoms with Gasteiger partial charge < -0.3 is 5.32 Å². The average molecular weight is 194 g/mol. The first-order valence-electron chi connectivity index (χ1n) is 5.12. The minimum Gasteiger partial charge on any atom is -0.308 e. The van der Waals surface area contributed by atoms with Gasteiger partial charge in [0.2, 0.25) is 0 Å². The van der Waals surface area contributed by atoms with E-state index < -0.39 is 0 Å². The Bertz CT molecular complexity index is 298. The molecule has 1 atom stereocenters. The highest BCUT2D eigenvalue weighted by molar-refractivity contribution is 7.11. The van der Waals surface area contributed by atoms with Gasteiger partial charge in [0.15, 0.2) is 0 Å². The summed E-state index contributed by atoms with van der Waals surface area (Å²) in [6.45, 7) is 1.17. The molecule has 1 saturated heterocycles. The topological polar surface area (TPSA) is 24.9 Å². The highest BCUT2D eigenvalue weighted by atomic mass is 32.1. The lowest BCUT2D eigenvalue weighted by Gasteiger charge is -2.03. The summed E-state index contributed by atoms with van der Waals surface area (Å²) in [4.78, 5) is 6.03. The van der Waals surface area contributed by atoms with Gasteiger partial charge in [-0.2, -0.15) is 0 Å². The third kappa shape index (κ3) is 1.51. The lowest BCUT2D eigenvalue weighted by atomic mass is 10.2. The van der Waals surface area contributed by atoms with Crippen molar-refractivity contribution in [3.63, 3.8) is 0 Å². The molecule has 2 heterocycles. The van der Waals surface area contributed by atoms with Gasteiger partial charge in [-0.3, -0.25) is 0 Å². The van der Waals surface area contributed by atoms with Crippen molar-refractivity contribution < 1.29 is 0 Å². The number of nitrogens with zero attached hydrogens (tertiary/aromatic N) is 1. The van der Waals surface area contributed by atoms with Gasteiger partial charge in [-0.1, -0.05) is 0 Å².